The third-order valence-corrected chi connectivity index (χ3v) is 2.48. The summed E-state index contributed by atoms with van der Waals surface area (Å²) in [6, 6.07) is 2.57. The first-order valence-electron chi connectivity index (χ1n) is 4.82. The molecule has 2 rings (SSSR count). The van der Waals surface area contributed by atoms with Crippen LogP contribution < -0.4 is 11.4 Å². The van der Waals surface area contributed by atoms with Gasteiger partial charge in [0.15, 0.2) is 0 Å². The lowest BCUT2D eigenvalue weighted by molar-refractivity contribution is -0.0458. The Kier molecular flexibility index (Phi) is 2.90. The highest BCUT2D eigenvalue weighted by Crippen LogP contribution is 2.27. The Morgan fingerprint density at radius 2 is 2.50 bits per heavy atom. The lowest BCUT2D eigenvalue weighted by Crippen LogP contribution is -2.28. The Bertz CT molecular complexity index is 433. The maximum absolute atomic E-state index is 11.5. The van der Waals surface area contributed by atoms with Crippen LogP contribution in [0.4, 0.5) is 5.82 Å². The summed E-state index contributed by atoms with van der Waals surface area (Å²) in [5.41, 5.74) is 4.73. The maximum atomic E-state index is 11.5. The molecule has 2 heterocycles. The van der Waals surface area contributed by atoms with Crippen LogP contribution >= 0.6 is 0 Å². The minimum absolute atomic E-state index is 0.0125. The smallest absolute Gasteiger partial charge is 0.351 e. The summed E-state index contributed by atoms with van der Waals surface area (Å²) in [6.45, 7) is -0.293. The van der Waals surface area contributed by atoms with Gasteiger partial charge in [0.2, 0.25) is 0 Å². The van der Waals surface area contributed by atoms with Crippen LogP contribution in [-0.4, -0.2) is 38.6 Å². The molecule has 0 saturated carbocycles. The molecule has 1 saturated heterocycles. The van der Waals surface area contributed by atoms with Gasteiger partial charge in [0.25, 0.3) is 0 Å². The zero-order valence-corrected chi connectivity index (χ0v) is 8.41. The van der Waals surface area contributed by atoms with Gasteiger partial charge in [-0.3, -0.25) is 4.57 Å². The second-order valence-corrected chi connectivity index (χ2v) is 3.58. The fraction of sp³-hybridized carbons (Fsp3) is 0.556. The molecular weight excluding hydrogens is 214 g/mol. The van der Waals surface area contributed by atoms with E-state index in [4.69, 9.17) is 15.6 Å². The predicted molar refractivity (Wildman–Crippen MR) is 53.4 cm³/mol. The van der Waals surface area contributed by atoms with Crippen LogP contribution in [0.25, 0.3) is 0 Å². The lowest BCUT2D eigenvalue weighted by atomic mass is 10.2. The standard InChI is InChI=1S/C9H12N3O4/c10-7-1-2-12(9(15)11-7)8-3-5(14)6(4-13)16-8/h2,5-6,8,13-14H,3-4H2,(H2,10,11,15)/t5-,6+,8+/m0/s1. The normalized spacial score (nSPS) is 29.5. The summed E-state index contributed by atoms with van der Waals surface area (Å²) >= 11 is 0. The molecule has 1 radical (unpaired) electrons. The van der Waals surface area contributed by atoms with E-state index in [-0.39, 0.29) is 18.8 Å². The molecule has 0 bridgehead atoms. The van der Waals surface area contributed by atoms with Gasteiger partial charge in [-0.1, -0.05) is 0 Å². The summed E-state index contributed by atoms with van der Waals surface area (Å²) in [6.07, 6.45) is -0.537. The first-order chi connectivity index (χ1) is 7.61. The zero-order valence-electron chi connectivity index (χ0n) is 8.41. The number of nitrogens with zero attached hydrogens (tertiary/aromatic N) is 2. The molecule has 7 heteroatoms. The van der Waals surface area contributed by atoms with Gasteiger partial charge in [-0.05, 0) is 0 Å². The SMILES string of the molecule is Nc1[c]cn([C@H]2C[C@H](O)[C@@H](CO)O2)c(=O)n1. The Hall–Kier alpha value is -1.44. The van der Waals surface area contributed by atoms with Gasteiger partial charge in [-0.2, -0.15) is 4.98 Å². The van der Waals surface area contributed by atoms with Gasteiger partial charge < -0.3 is 20.7 Å². The predicted octanol–water partition coefficient (Wildman–Crippen LogP) is -1.73. The molecule has 0 aromatic carbocycles. The Balaban J connectivity index is 2.23. The van der Waals surface area contributed by atoms with Gasteiger partial charge in [0, 0.05) is 18.7 Å². The molecule has 0 amide bonds. The average Bonchev–Trinajstić information content (AvgIpc) is 2.59. The number of ether oxygens (including phenoxy) is 1. The van der Waals surface area contributed by atoms with Crippen molar-refractivity contribution in [2.24, 2.45) is 0 Å². The van der Waals surface area contributed by atoms with E-state index in [0.717, 1.165) is 0 Å². The molecule has 1 aliphatic rings. The van der Waals surface area contributed by atoms with Crippen LogP contribution in [0.1, 0.15) is 12.6 Å². The molecule has 0 unspecified atom stereocenters. The number of aromatic nitrogens is 2. The molecule has 16 heavy (non-hydrogen) atoms. The summed E-state index contributed by atoms with van der Waals surface area (Å²) in [7, 11) is 0. The number of nitrogens with two attached hydrogens (primary N) is 1. The first-order valence-corrected chi connectivity index (χ1v) is 4.82. The first kappa shape index (κ1) is 11.1. The van der Waals surface area contributed by atoms with Crippen molar-refractivity contribution in [3.8, 4) is 0 Å². The van der Waals surface area contributed by atoms with E-state index < -0.39 is 24.1 Å². The fourth-order valence-electron chi connectivity index (χ4n) is 1.64. The fourth-order valence-corrected chi connectivity index (χ4v) is 1.64. The molecule has 0 aliphatic carbocycles. The number of rotatable bonds is 2. The summed E-state index contributed by atoms with van der Waals surface area (Å²) in [5, 5.41) is 18.4. The third-order valence-electron chi connectivity index (χ3n) is 2.48. The molecule has 1 fully saturated rings. The molecule has 0 spiro atoms. The van der Waals surface area contributed by atoms with Gasteiger partial charge in [0.05, 0.1) is 12.7 Å². The van der Waals surface area contributed by atoms with Gasteiger partial charge in [0.1, 0.15) is 18.1 Å². The number of aliphatic hydroxyl groups is 2. The molecular formula is C9H12N3O4. The second kappa shape index (κ2) is 4.20. The summed E-state index contributed by atoms with van der Waals surface area (Å²) in [5.74, 6) is 0.0125. The number of nitrogen functional groups attached to an aromatic ring is 1. The van der Waals surface area contributed by atoms with E-state index in [2.05, 4.69) is 11.1 Å². The van der Waals surface area contributed by atoms with Crippen LogP contribution in [0.3, 0.4) is 0 Å². The van der Waals surface area contributed by atoms with Crippen LogP contribution in [0, 0.1) is 6.07 Å². The maximum Gasteiger partial charge on any atom is 0.351 e. The van der Waals surface area contributed by atoms with E-state index in [1.807, 2.05) is 0 Å². The van der Waals surface area contributed by atoms with Crippen molar-refractivity contribution in [3.05, 3.63) is 22.7 Å². The average molecular weight is 226 g/mol. The second-order valence-electron chi connectivity index (χ2n) is 3.58. The van der Waals surface area contributed by atoms with E-state index >= 15 is 0 Å². The van der Waals surface area contributed by atoms with E-state index in [1.165, 1.54) is 10.8 Å². The highest BCUT2D eigenvalue weighted by Gasteiger charge is 2.34. The van der Waals surface area contributed by atoms with Crippen molar-refractivity contribution < 1.29 is 14.9 Å². The highest BCUT2D eigenvalue weighted by atomic mass is 16.5. The summed E-state index contributed by atoms with van der Waals surface area (Å²) < 4.78 is 6.48. The quantitative estimate of drug-likeness (QED) is 0.552. The topological polar surface area (TPSA) is 111 Å². The van der Waals surface area contributed by atoms with E-state index in [9.17, 15) is 9.90 Å². The number of aliphatic hydroxyl groups excluding tert-OH is 2. The summed E-state index contributed by atoms with van der Waals surface area (Å²) in [4.78, 5) is 15.0. The van der Waals surface area contributed by atoms with Crippen LogP contribution in [0.2, 0.25) is 0 Å². The van der Waals surface area contributed by atoms with Crippen molar-refractivity contribution in [3.63, 3.8) is 0 Å². The van der Waals surface area contributed by atoms with Gasteiger partial charge in [-0.25, -0.2) is 4.79 Å². The lowest BCUT2D eigenvalue weighted by Gasteiger charge is -2.13. The highest BCUT2D eigenvalue weighted by molar-refractivity contribution is 5.21. The zero-order chi connectivity index (χ0) is 11.7. The van der Waals surface area contributed by atoms with Crippen molar-refractivity contribution in [1.82, 2.24) is 9.55 Å². The minimum Gasteiger partial charge on any atom is -0.394 e. The van der Waals surface area contributed by atoms with E-state index in [0.29, 0.717) is 0 Å². The molecule has 1 aromatic heterocycles. The Morgan fingerprint density at radius 3 is 3.06 bits per heavy atom. The molecule has 4 N–H and O–H groups in total. The van der Waals surface area contributed by atoms with Crippen LogP contribution in [0.15, 0.2) is 11.0 Å². The Labute approximate surface area is 91.1 Å². The van der Waals surface area contributed by atoms with Crippen LogP contribution in [0.5, 0.6) is 0 Å². The van der Waals surface area contributed by atoms with E-state index in [1.54, 1.807) is 0 Å². The number of anilines is 1. The third kappa shape index (κ3) is 1.92. The molecule has 3 atom stereocenters. The molecule has 87 valence electrons. The van der Waals surface area contributed by atoms with Crippen molar-refractivity contribution in [1.29, 1.82) is 0 Å². The van der Waals surface area contributed by atoms with Crippen molar-refractivity contribution >= 4 is 5.82 Å². The number of hydrogen-bond acceptors (Lipinski definition) is 6. The largest absolute Gasteiger partial charge is 0.394 e. The van der Waals surface area contributed by atoms with Crippen molar-refractivity contribution in [2.75, 3.05) is 12.3 Å². The minimum atomic E-state index is -0.792. The van der Waals surface area contributed by atoms with Crippen LogP contribution in [-0.2, 0) is 4.74 Å². The Morgan fingerprint density at radius 1 is 1.75 bits per heavy atom. The van der Waals surface area contributed by atoms with Crippen molar-refractivity contribution in [2.45, 2.75) is 24.9 Å². The molecule has 7 nitrogen and oxygen atoms in total. The molecule has 1 aromatic rings. The molecule has 1 aliphatic heterocycles. The number of hydrogen-bond donors (Lipinski definition) is 3. The monoisotopic (exact) mass is 226 g/mol. The van der Waals surface area contributed by atoms with Gasteiger partial charge in [-0.15, -0.1) is 0 Å². The van der Waals surface area contributed by atoms with Gasteiger partial charge >= 0.3 is 5.69 Å².